The number of hydrogen-bond acceptors (Lipinski definition) is 10. The minimum atomic E-state index is -1.11. The number of rotatable bonds is 6. The fraction of sp³-hybridized carbons (Fsp3) is 0.468. The molecule has 320 valence electrons. The molecule has 1 unspecified atom stereocenters. The summed E-state index contributed by atoms with van der Waals surface area (Å²) in [5.74, 6) is 4.38. The molecule has 4 fully saturated rings. The van der Waals surface area contributed by atoms with E-state index in [1.54, 1.807) is 18.2 Å². The fourth-order valence-electron chi connectivity index (χ4n) is 11.3. The first-order valence-corrected chi connectivity index (χ1v) is 21.7. The fourth-order valence-corrected chi connectivity index (χ4v) is 11.5. The highest BCUT2D eigenvalue weighted by Crippen LogP contribution is 2.59. The summed E-state index contributed by atoms with van der Waals surface area (Å²) in [6.45, 7) is 11.8. The van der Waals surface area contributed by atoms with E-state index >= 15 is 4.39 Å². The third-order valence-corrected chi connectivity index (χ3v) is 14.2. The molecule has 3 saturated heterocycles. The Labute approximate surface area is 364 Å². The summed E-state index contributed by atoms with van der Waals surface area (Å²) >= 11 is 6.29. The minimum absolute atomic E-state index is 0.0124. The predicted octanol–water partition coefficient (Wildman–Crippen LogP) is 5.72. The van der Waals surface area contributed by atoms with Crippen molar-refractivity contribution in [3.05, 3.63) is 86.9 Å². The van der Waals surface area contributed by atoms with Gasteiger partial charge in [-0.1, -0.05) is 45.2 Å². The zero-order valence-electron chi connectivity index (χ0n) is 35.1. The average molecular weight is 860 g/mol. The molecule has 0 spiro atoms. The summed E-state index contributed by atoms with van der Waals surface area (Å²) in [5, 5.41) is 11.8. The molecule has 5 amide bonds. The number of carbonyl (C=O) groups excluding carboxylic acids is 5. The highest BCUT2D eigenvalue weighted by Gasteiger charge is 2.67. The number of pyridine rings is 1. The molecule has 1 aromatic heterocycles. The molecule has 0 bridgehead atoms. The van der Waals surface area contributed by atoms with Crippen LogP contribution in [0.5, 0.6) is 5.75 Å². The van der Waals surface area contributed by atoms with Crippen molar-refractivity contribution in [1.82, 2.24) is 25.0 Å². The molecule has 62 heavy (non-hydrogen) atoms. The molecule has 15 heteroatoms. The molecule has 6 heterocycles. The van der Waals surface area contributed by atoms with Crippen LogP contribution in [0.4, 0.5) is 10.1 Å². The molecule has 1 aliphatic carbocycles. The zero-order chi connectivity index (χ0) is 43.8. The lowest BCUT2D eigenvalue weighted by atomic mass is 9.49. The van der Waals surface area contributed by atoms with Gasteiger partial charge in [0.15, 0.2) is 0 Å². The van der Waals surface area contributed by atoms with Crippen LogP contribution in [0.25, 0.3) is 0 Å². The topological polar surface area (TPSA) is 156 Å². The lowest BCUT2D eigenvalue weighted by Crippen LogP contribution is -2.74. The molecular formula is C47H47ClFN7O6. The second kappa shape index (κ2) is 15.5. The summed E-state index contributed by atoms with van der Waals surface area (Å²) in [7, 11) is 0. The normalized spacial score (nSPS) is 24.8. The molecule has 1 atom stereocenters. The van der Waals surface area contributed by atoms with E-state index in [4.69, 9.17) is 21.3 Å². The Morgan fingerprint density at radius 2 is 1.55 bits per heavy atom. The standard InChI is InChI=1S/C47H47ClFN7O6/c1-46(2)44(47(3,4)45(46)62-30-9-6-27(24-50)34(48)21-30)55-25-36-31(41(55)59)10-8-28(51-36)7-5-26-13-17-53(18-14-26)29-15-19-54(20-16-29)38-23-33-32(22-35(38)49)42(60)56(43(33)61)37-11-12-39(57)52-40(37)58/h6,8-10,21-23,26,29,37,44-45H,11-20,25H2,1-4H3,(H,52,57,58)/t37?,44-,45-. The second-order valence-corrected chi connectivity index (χ2v) is 18.9. The Balaban J connectivity index is 0.778. The van der Waals surface area contributed by atoms with Crippen LogP contribution in [-0.4, -0.2) is 99.6 Å². The molecule has 2 aromatic carbocycles. The Kier molecular flexibility index (Phi) is 10.4. The van der Waals surface area contributed by atoms with Crippen LogP contribution in [0, 0.1) is 45.7 Å². The van der Waals surface area contributed by atoms with Gasteiger partial charge in [-0.2, -0.15) is 5.26 Å². The van der Waals surface area contributed by atoms with Gasteiger partial charge in [0.1, 0.15) is 35.5 Å². The number of nitriles is 1. The number of nitrogens with zero attached hydrogens (tertiary/aromatic N) is 6. The van der Waals surface area contributed by atoms with E-state index in [1.165, 1.54) is 6.07 Å². The predicted molar refractivity (Wildman–Crippen MR) is 226 cm³/mol. The second-order valence-electron chi connectivity index (χ2n) is 18.5. The summed E-state index contributed by atoms with van der Waals surface area (Å²) in [6, 6.07) is 12.5. The first kappa shape index (κ1) is 41.5. The van der Waals surface area contributed by atoms with Gasteiger partial charge < -0.3 is 19.4 Å². The number of amides is 5. The molecule has 13 nitrogen and oxygen atoms in total. The number of likely N-dealkylation sites (tertiary alicyclic amines) is 1. The number of nitrogens with one attached hydrogen (secondary N) is 1. The summed E-state index contributed by atoms with van der Waals surface area (Å²) < 4.78 is 22.0. The monoisotopic (exact) mass is 859 g/mol. The van der Waals surface area contributed by atoms with Gasteiger partial charge in [-0.15, -0.1) is 0 Å². The third kappa shape index (κ3) is 6.98. The van der Waals surface area contributed by atoms with Crippen molar-refractivity contribution in [3.8, 4) is 23.7 Å². The van der Waals surface area contributed by atoms with Crippen molar-refractivity contribution in [1.29, 1.82) is 5.26 Å². The average Bonchev–Trinajstić information content (AvgIpc) is 3.68. The van der Waals surface area contributed by atoms with E-state index in [2.05, 4.69) is 55.8 Å². The van der Waals surface area contributed by atoms with Crippen LogP contribution in [-0.2, 0) is 16.1 Å². The number of ether oxygens (including phenoxy) is 1. The lowest BCUT2D eigenvalue weighted by Gasteiger charge is -2.65. The summed E-state index contributed by atoms with van der Waals surface area (Å²) in [6.07, 6.45) is 3.28. The van der Waals surface area contributed by atoms with Crippen molar-refractivity contribution < 1.29 is 33.1 Å². The van der Waals surface area contributed by atoms with Crippen LogP contribution < -0.4 is 15.0 Å². The van der Waals surface area contributed by atoms with Gasteiger partial charge in [0, 0.05) is 54.4 Å². The maximum Gasteiger partial charge on any atom is 0.262 e. The molecule has 5 aliphatic heterocycles. The largest absolute Gasteiger partial charge is 0.489 e. The Bertz CT molecular complexity index is 2530. The molecule has 3 aromatic rings. The highest BCUT2D eigenvalue weighted by atomic mass is 35.5. The van der Waals surface area contributed by atoms with Gasteiger partial charge in [-0.3, -0.25) is 34.2 Å². The number of benzene rings is 2. The van der Waals surface area contributed by atoms with Crippen LogP contribution in [0.15, 0.2) is 42.5 Å². The maximum atomic E-state index is 15.5. The van der Waals surface area contributed by atoms with Gasteiger partial charge >= 0.3 is 0 Å². The number of imide groups is 2. The number of fused-ring (bicyclic) bond motifs is 2. The zero-order valence-corrected chi connectivity index (χ0v) is 35.9. The number of halogens is 2. The Morgan fingerprint density at radius 1 is 0.855 bits per heavy atom. The van der Waals surface area contributed by atoms with Crippen molar-refractivity contribution >= 4 is 46.8 Å². The number of hydrogen-bond donors (Lipinski definition) is 1. The van der Waals surface area contributed by atoms with E-state index in [-0.39, 0.29) is 64.5 Å². The first-order chi connectivity index (χ1) is 29.6. The van der Waals surface area contributed by atoms with Crippen molar-refractivity contribution in [2.45, 2.75) is 97.0 Å². The summed E-state index contributed by atoms with van der Waals surface area (Å²) in [5.41, 5.74) is 1.86. The lowest BCUT2D eigenvalue weighted by molar-refractivity contribution is -0.199. The van der Waals surface area contributed by atoms with E-state index in [9.17, 15) is 29.2 Å². The van der Waals surface area contributed by atoms with Gasteiger partial charge in [0.25, 0.3) is 17.7 Å². The van der Waals surface area contributed by atoms with Crippen LogP contribution >= 0.6 is 11.6 Å². The molecule has 9 rings (SSSR count). The van der Waals surface area contributed by atoms with Crippen LogP contribution in [0.1, 0.15) is 114 Å². The molecule has 1 N–H and O–H groups in total. The number of piperidine rings is 3. The maximum absolute atomic E-state index is 15.5. The van der Waals surface area contributed by atoms with Gasteiger partial charge in [0.05, 0.1) is 45.2 Å². The SMILES string of the molecule is CC1(C)[C@H](Oc2ccc(C#N)c(Cl)c2)C(C)(C)[C@H]1N1Cc2nc(C#CC3CCN(C4CCN(c5cc6c(cc5F)C(=O)N(C5CCC(=O)NC5=O)C6=O)CC4)CC3)ccc2C1=O. The smallest absolute Gasteiger partial charge is 0.262 e. The minimum Gasteiger partial charge on any atom is -0.489 e. The van der Waals surface area contributed by atoms with Gasteiger partial charge in [0.2, 0.25) is 11.8 Å². The summed E-state index contributed by atoms with van der Waals surface area (Å²) in [4.78, 5) is 76.4. The Hall–Kier alpha value is -5.83. The molecular weight excluding hydrogens is 813 g/mol. The van der Waals surface area contributed by atoms with Gasteiger partial charge in [-0.05, 0) is 87.5 Å². The van der Waals surface area contributed by atoms with E-state index < -0.39 is 35.5 Å². The van der Waals surface area contributed by atoms with Crippen molar-refractivity contribution in [2.24, 2.45) is 16.7 Å². The quantitative estimate of drug-likeness (QED) is 0.241. The third-order valence-electron chi connectivity index (χ3n) is 13.9. The van der Waals surface area contributed by atoms with Crippen LogP contribution in [0.2, 0.25) is 5.02 Å². The first-order valence-electron chi connectivity index (χ1n) is 21.3. The van der Waals surface area contributed by atoms with E-state index in [0.717, 1.165) is 55.4 Å². The Morgan fingerprint density at radius 3 is 2.21 bits per heavy atom. The van der Waals surface area contributed by atoms with Crippen LogP contribution in [0.3, 0.4) is 0 Å². The van der Waals surface area contributed by atoms with E-state index in [0.29, 0.717) is 53.3 Å². The number of anilines is 1. The highest BCUT2D eigenvalue weighted by molar-refractivity contribution is 6.31. The number of carbonyl (C=O) groups is 5. The van der Waals surface area contributed by atoms with Crippen molar-refractivity contribution in [2.75, 3.05) is 31.1 Å². The number of aromatic nitrogens is 1. The molecule has 1 saturated carbocycles. The molecule has 6 aliphatic rings. The molecule has 0 radical (unpaired) electrons. The van der Waals surface area contributed by atoms with E-state index in [1.807, 2.05) is 21.9 Å². The van der Waals surface area contributed by atoms with Crippen molar-refractivity contribution in [3.63, 3.8) is 0 Å². The van der Waals surface area contributed by atoms with Gasteiger partial charge in [-0.25, -0.2) is 9.37 Å².